The van der Waals surface area contributed by atoms with Crippen molar-refractivity contribution >= 4 is 11.9 Å². The Hall–Kier alpha value is -2.56. The van der Waals surface area contributed by atoms with Crippen LogP contribution in [0.1, 0.15) is 29.6 Å². The predicted octanol–water partition coefficient (Wildman–Crippen LogP) is 2.93. The molecule has 114 valence electrons. The largest absolute Gasteiger partial charge is 0.481 e. The summed E-state index contributed by atoms with van der Waals surface area (Å²) >= 11 is 0. The van der Waals surface area contributed by atoms with E-state index in [4.69, 9.17) is 9.52 Å². The molecule has 3 rings (SSSR count). The Kier molecular flexibility index (Phi) is 3.96. The van der Waals surface area contributed by atoms with Gasteiger partial charge in [0.1, 0.15) is 0 Å². The van der Waals surface area contributed by atoms with Gasteiger partial charge in [0.2, 0.25) is 0 Å². The Balaban J connectivity index is 1.68. The molecule has 0 radical (unpaired) electrons. The highest BCUT2D eigenvalue weighted by Crippen LogP contribution is 2.26. The fraction of sp³-hybridized carbons (Fsp3) is 0.294. The van der Waals surface area contributed by atoms with Gasteiger partial charge in [0.15, 0.2) is 0 Å². The Morgan fingerprint density at radius 3 is 2.73 bits per heavy atom. The number of nitrogens with one attached hydrogen (secondary N) is 1. The number of aliphatic carboxylic acids is 1. The average Bonchev–Trinajstić information content (AvgIpc) is 3.19. The normalized spacial score (nSPS) is 20.7. The Bertz CT molecular complexity index is 678. The maximum absolute atomic E-state index is 12.3. The van der Waals surface area contributed by atoms with Crippen molar-refractivity contribution in [3.05, 3.63) is 48.4 Å². The second-order valence-corrected chi connectivity index (χ2v) is 5.61. The molecule has 1 fully saturated rings. The average molecular weight is 299 g/mol. The number of hydrogen-bond acceptors (Lipinski definition) is 3. The molecule has 5 nitrogen and oxygen atoms in total. The lowest BCUT2D eigenvalue weighted by atomic mass is 10.0. The monoisotopic (exact) mass is 299 g/mol. The van der Waals surface area contributed by atoms with Crippen LogP contribution in [-0.2, 0) is 4.79 Å². The van der Waals surface area contributed by atoms with E-state index in [1.165, 1.54) is 0 Å². The van der Waals surface area contributed by atoms with Crippen LogP contribution in [0.2, 0.25) is 0 Å². The van der Waals surface area contributed by atoms with Crippen molar-refractivity contribution in [3.63, 3.8) is 0 Å². The molecule has 1 aliphatic carbocycles. The minimum atomic E-state index is -0.779. The van der Waals surface area contributed by atoms with E-state index in [0.717, 1.165) is 11.1 Å². The third kappa shape index (κ3) is 3.03. The molecule has 1 saturated carbocycles. The number of amides is 1. The van der Waals surface area contributed by atoms with Crippen LogP contribution < -0.4 is 5.32 Å². The zero-order valence-corrected chi connectivity index (χ0v) is 12.0. The van der Waals surface area contributed by atoms with Crippen LogP contribution in [0.4, 0.5) is 0 Å². The number of rotatable bonds is 4. The van der Waals surface area contributed by atoms with Crippen LogP contribution in [0.3, 0.4) is 0 Å². The smallest absolute Gasteiger partial charge is 0.306 e. The molecule has 0 spiro atoms. The lowest BCUT2D eigenvalue weighted by molar-refractivity contribution is -0.141. The first-order chi connectivity index (χ1) is 10.6. The first-order valence-electron chi connectivity index (χ1n) is 7.30. The molecule has 0 bridgehead atoms. The first-order valence-corrected chi connectivity index (χ1v) is 7.30. The van der Waals surface area contributed by atoms with Crippen LogP contribution >= 0.6 is 0 Å². The van der Waals surface area contributed by atoms with E-state index < -0.39 is 5.97 Å². The third-order valence-corrected chi connectivity index (χ3v) is 4.10. The molecule has 1 aliphatic rings. The summed E-state index contributed by atoms with van der Waals surface area (Å²) in [5.74, 6) is -1.29. The summed E-state index contributed by atoms with van der Waals surface area (Å²) in [7, 11) is 0. The van der Waals surface area contributed by atoms with Crippen LogP contribution in [0.15, 0.2) is 47.3 Å². The fourth-order valence-corrected chi connectivity index (χ4v) is 2.87. The molecule has 0 aliphatic heterocycles. The van der Waals surface area contributed by atoms with Gasteiger partial charge in [-0.05, 0) is 43.0 Å². The zero-order chi connectivity index (χ0) is 15.5. The predicted molar refractivity (Wildman–Crippen MR) is 80.4 cm³/mol. The lowest BCUT2D eigenvalue weighted by Crippen LogP contribution is -2.33. The van der Waals surface area contributed by atoms with E-state index in [0.29, 0.717) is 24.8 Å². The first kappa shape index (κ1) is 14.4. The Morgan fingerprint density at radius 2 is 2.05 bits per heavy atom. The van der Waals surface area contributed by atoms with Gasteiger partial charge in [-0.25, -0.2) is 0 Å². The molecule has 2 atom stereocenters. The minimum absolute atomic E-state index is 0.0637. The Morgan fingerprint density at radius 1 is 1.18 bits per heavy atom. The summed E-state index contributed by atoms with van der Waals surface area (Å²) in [6.45, 7) is 0. The van der Waals surface area contributed by atoms with Crippen molar-refractivity contribution in [2.75, 3.05) is 0 Å². The van der Waals surface area contributed by atoms with E-state index >= 15 is 0 Å². The van der Waals surface area contributed by atoms with Crippen molar-refractivity contribution in [1.82, 2.24) is 5.32 Å². The number of furan rings is 1. The van der Waals surface area contributed by atoms with Gasteiger partial charge < -0.3 is 14.8 Å². The highest BCUT2D eigenvalue weighted by molar-refractivity contribution is 5.95. The van der Waals surface area contributed by atoms with E-state index in [2.05, 4.69) is 5.32 Å². The number of benzene rings is 1. The van der Waals surface area contributed by atoms with Gasteiger partial charge in [-0.2, -0.15) is 0 Å². The lowest BCUT2D eigenvalue weighted by Gasteiger charge is -2.13. The summed E-state index contributed by atoms with van der Waals surface area (Å²) in [4.78, 5) is 23.3. The summed E-state index contributed by atoms with van der Waals surface area (Å²) in [6, 6.07) is 9.08. The number of carboxylic acid groups (broad SMARTS) is 1. The SMILES string of the molecule is O=C(N[C@H]1CC[C@@H](C(=O)O)C1)c1cccc(-c2ccoc2)c1. The standard InChI is InChI=1S/C17H17NO4/c19-16(18-15-5-4-13(9-15)17(20)21)12-3-1-2-11(8-12)14-6-7-22-10-14/h1-3,6-8,10,13,15H,4-5,9H2,(H,18,19)(H,20,21)/t13-,15+/m1/s1. The van der Waals surface area contributed by atoms with Crippen molar-refractivity contribution in [3.8, 4) is 11.1 Å². The van der Waals surface area contributed by atoms with Crippen molar-refractivity contribution in [1.29, 1.82) is 0 Å². The quantitative estimate of drug-likeness (QED) is 0.909. The van der Waals surface area contributed by atoms with Crippen LogP contribution in [0.5, 0.6) is 0 Å². The van der Waals surface area contributed by atoms with Crippen LogP contribution in [-0.4, -0.2) is 23.0 Å². The fourth-order valence-electron chi connectivity index (χ4n) is 2.87. The maximum Gasteiger partial charge on any atom is 0.306 e. The molecule has 1 aromatic carbocycles. The van der Waals surface area contributed by atoms with Gasteiger partial charge in [-0.1, -0.05) is 12.1 Å². The molecular formula is C17H17NO4. The van der Waals surface area contributed by atoms with Gasteiger partial charge in [0, 0.05) is 17.2 Å². The molecule has 1 heterocycles. The van der Waals surface area contributed by atoms with Crippen molar-refractivity contribution in [2.45, 2.75) is 25.3 Å². The van der Waals surface area contributed by atoms with E-state index in [-0.39, 0.29) is 17.9 Å². The van der Waals surface area contributed by atoms with Gasteiger partial charge in [-0.3, -0.25) is 9.59 Å². The van der Waals surface area contributed by atoms with E-state index in [1.54, 1.807) is 18.6 Å². The zero-order valence-electron chi connectivity index (χ0n) is 12.0. The molecule has 1 aromatic heterocycles. The Labute approximate surface area is 127 Å². The molecule has 2 N–H and O–H groups in total. The third-order valence-electron chi connectivity index (χ3n) is 4.10. The van der Waals surface area contributed by atoms with Gasteiger partial charge in [-0.15, -0.1) is 0 Å². The maximum atomic E-state index is 12.3. The summed E-state index contributed by atoms with van der Waals surface area (Å²) in [5.41, 5.74) is 2.40. The summed E-state index contributed by atoms with van der Waals surface area (Å²) < 4.78 is 5.05. The summed E-state index contributed by atoms with van der Waals surface area (Å²) in [5, 5.41) is 11.9. The van der Waals surface area contributed by atoms with Gasteiger partial charge in [0.25, 0.3) is 5.91 Å². The molecule has 2 aromatic rings. The molecule has 1 amide bonds. The van der Waals surface area contributed by atoms with Crippen molar-refractivity contribution in [2.24, 2.45) is 5.92 Å². The van der Waals surface area contributed by atoms with Gasteiger partial charge >= 0.3 is 5.97 Å². The highest BCUT2D eigenvalue weighted by atomic mass is 16.4. The van der Waals surface area contributed by atoms with E-state index in [1.807, 2.05) is 24.3 Å². The van der Waals surface area contributed by atoms with Crippen LogP contribution in [0, 0.1) is 5.92 Å². The van der Waals surface area contributed by atoms with Gasteiger partial charge in [0.05, 0.1) is 18.4 Å². The molecule has 0 unspecified atom stereocenters. The minimum Gasteiger partial charge on any atom is -0.481 e. The van der Waals surface area contributed by atoms with Crippen molar-refractivity contribution < 1.29 is 19.1 Å². The van der Waals surface area contributed by atoms with E-state index in [9.17, 15) is 9.59 Å². The number of hydrogen-bond donors (Lipinski definition) is 2. The summed E-state index contributed by atoms with van der Waals surface area (Å²) in [6.07, 6.45) is 5.06. The number of carbonyl (C=O) groups excluding carboxylic acids is 1. The second kappa shape index (κ2) is 6.05. The molecular weight excluding hydrogens is 282 g/mol. The molecule has 0 saturated heterocycles. The highest BCUT2D eigenvalue weighted by Gasteiger charge is 2.30. The number of carbonyl (C=O) groups is 2. The number of carboxylic acids is 1. The van der Waals surface area contributed by atoms with Crippen LogP contribution in [0.25, 0.3) is 11.1 Å². The molecule has 22 heavy (non-hydrogen) atoms. The molecule has 5 heteroatoms. The second-order valence-electron chi connectivity index (χ2n) is 5.61. The topological polar surface area (TPSA) is 79.5 Å².